The first-order valence-electron chi connectivity index (χ1n) is 6.86. The molecule has 0 aliphatic heterocycles. The Morgan fingerprint density at radius 2 is 1.88 bits per heavy atom. The Morgan fingerprint density at radius 3 is 2.42 bits per heavy atom. The Kier molecular flexibility index (Phi) is 4.74. The number of aromatic nitrogens is 1. The Labute approximate surface area is 144 Å². The summed E-state index contributed by atoms with van der Waals surface area (Å²) in [5.41, 5.74) is -2.70. The van der Waals surface area contributed by atoms with E-state index in [0.717, 1.165) is 22.8 Å². The van der Waals surface area contributed by atoms with E-state index in [0.29, 0.717) is 0 Å². The summed E-state index contributed by atoms with van der Waals surface area (Å²) in [5, 5.41) is 47.9. The second-order valence-electron chi connectivity index (χ2n) is 5.04. The lowest BCUT2D eigenvalue weighted by atomic mass is 10.1. The van der Waals surface area contributed by atoms with Crippen molar-refractivity contribution < 1.29 is 15.0 Å². The zero-order valence-corrected chi connectivity index (χ0v) is 13.4. The van der Waals surface area contributed by atoms with E-state index in [9.17, 15) is 30.1 Å². The largest absolute Gasteiger partial charge is 0.493 e. The summed E-state index contributed by atoms with van der Waals surface area (Å²) in [6.07, 6.45) is 0. The van der Waals surface area contributed by atoms with E-state index in [4.69, 9.17) is 5.26 Å². The highest BCUT2D eigenvalue weighted by atomic mass is 16.6. The van der Waals surface area contributed by atoms with Crippen molar-refractivity contribution in [3.63, 3.8) is 0 Å². The minimum Gasteiger partial charge on any atom is -0.493 e. The highest BCUT2D eigenvalue weighted by molar-refractivity contribution is 5.62. The van der Waals surface area contributed by atoms with Crippen LogP contribution in [0.25, 0.3) is 0 Å². The second kappa shape index (κ2) is 6.77. The number of hydrogen-bond donors (Lipinski definition) is 1. The van der Waals surface area contributed by atoms with Gasteiger partial charge in [0.15, 0.2) is 11.4 Å². The maximum atomic E-state index is 12.2. The van der Waals surface area contributed by atoms with Crippen LogP contribution in [0, 0.1) is 38.5 Å². The molecule has 0 aliphatic rings. The number of nitrogens with zero attached hydrogens (tertiary/aromatic N) is 6. The van der Waals surface area contributed by atoms with Gasteiger partial charge in [0.05, 0.1) is 15.9 Å². The van der Waals surface area contributed by atoms with Crippen LogP contribution < -0.4 is 5.56 Å². The molecule has 0 spiro atoms. The van der Waals surface area contributed by atoms with Crippen molar-refractivity contribution in [3.8, 4) is 11.9 Å². The van der Waals surface area contributed by atoms with Crippen molar-refractivity contribution in [3.05, 3.63) is 59.9 Å². The lowest BCUT2D eigenvalue weighted by molar-refractivity contribution is -0.393. The maximum absolute atomic E-state index is 12.2. The van der Waals surface area contributed by atoms with Gasteiger partial charge in [0.25, 0.3) is 11.2 Å². The summed E-state index contributed by atoms with van der Waals surface area (Å²) in [4.78, 5) is 32.3. The van der Waals surface area contributed by atoms with Crippen LogP contribution in [0.1, 0.15) is 11.1 Å². The zero-order valence-electron chi connectivity index (χ0n) is 13.4. The van der Waals surface area contributed by atoms with Crippen LogP contribution in [-0.2, 0) is 7.05 Å². The number of rotatable bonds is 4. The average Bonchev–Trinajstić information content (AvgIpc) is 2.60. The molecule has 0 fully saturated rings. The normalized spacial score (nSPS) is 10.7. The minimum atomic E-state index is -0.871. The van der Waals surface area contributed by atoms with E-state index in [1.807, 2.05) is 0 Å². The molecule has 0 bridgehead atoms. The monoisotopic (exact) mass is 358 g/mol. The molecule has 1 N–H and O–H groups in total. The summed E-state index contributed by atoms with van der Waals surface area (Å²) in [6.45, 7) is 1.36. The summed E-state index contributed by atoms with van der Waals surface area (Å²) in [7, 11) is 1.21. The van der Waals surface area contributed by atoms with E-state index in [1.54, 1.807) is 6.07 Å². The maximum Gasteiger partial charge on any atom is 0.303 e. The molecule has 0 unspecified atom stereocenters. The molecule has 0 amide bonds. The molecule has 1 aromatic heterocycles. The van der Waals surface area contributed by atoms with Gasteiger partial charge in [-0.3, -0.25) is 29.6 Å². The van der Waals surface area contributed by atoms with Crippen LogP contribution in [-0.4, -0.2) is 19.5 Å². The standard InChI is InChI=1S/C14H10N6O6/c1-7-9(6-15)13(21)18(2)14(22)12(7)17-16-10-4-3-8(19(23)24)5-11(10)20(25)26/h3-5,21H,1-2H3. The van der Waals surface area contributed by atoms with Crippen molar-refractivity contribution in [1.82, 2.24) is 4.57 Å². The number of aromatic hydroxyl groups is 1. The van der Waals surface area contributed by atoms with Gasteiger partial charge in [0, 0.05) is 18.7 Å². The predicted octanol–water partition coefficient (Wildman–Crippen LogP) is 2.50. The zero-order chi connectivity index (χ0) is 19.6. The molecule has 0 saturated heterocycles. The van der Waals surface area contributed by atoms with Crippen molar-refractivity contribution >= 4 is 22.7 Å². The number of nitriles is 1. The van der Waals surface area contributed by atoms with Crippen molar-refractivity contribution in [1.29, 1.82) is 5.26 Å². The average molecular weight is 358 g/mol. The molecule has 12 nitrogen and oxygen atoms in total. The van der Waals surface area contributed by atoms with Gasteiger partial charge in [-0.1, -0.05) is 0 Å². The van der Waals surface area contributed by atoms with Gasteiger partial charge in [0.2, 0.25) is 5.88 Å². The fourth-order valence-electron chi connectivity index (χ4n) is 2.08. The molecule has 0 saturated carbocycles. The van der Waals surface area contributed by atoms with Crippen LogP contribution in [0.15, 0.2) is 33.2 Å². The third-order valence-electron chi connectivity index (χ3n) is 3.51. The molecule has 1 aromatic carbocycles. The van der Waals surface area contributed by atoms with Crippen LogP contribution in [0.2, 0.25) is 0 Å². The van der Waals surface area contributed by atoms with Crippen molar-refractivity contribution in [2.45, 2.75) is 6.92 Å². The van der Waals surface area contributed by atoms with Gasteiger partial charge < -0.3 is 5.11 Å². The lowest BCUT2D eigenvalue weighted by Gasteiger charge is -2.08. The van der Waals surface area contributed by atoms with Gasteiger partial charge in [-0.25, -0.2) is 0 Å². The number of pyridine rings is 1. The van der Waals surface area contributed by atoms with E-state index in [1.165, 1.54) is 14.0 Å². The minimum absolute atomic E-state index is 0.0430. The van der Waals surface area contributed by atoms with Crippen LogP contribution in [0.4, 0.5) is 22.7 Å². The van der Waals surface area contributed by atoms with Crippen molar-refractivity contribution in [2.24, 2.45) is 17.3 Å². The van der Waals surface area contributed by atoms with E-state index in [-0.39, 0.29) is 22.5 Å². The van der Waals surface area contributed by atoms with Gasteiger partial charge >= 0.3 is 5.69 Å². The first kappa shape index (κ1) is 18.2. The number of non-ortho nitro benzene ring substituents is 1. The van der Waals surface area contributed by atoms with Gasteiger partial charge in [0.1, 0.15) is 11.6 Å². The summed E-state index contributed by atoms with van der Waals surface area (Å²) in [5.74, 6) is -0.546. The molecule has 132 valence electrons. The molecule has 26 heavy (non-hydrogen) atoms. The van der Waals surface area contributed by atoms with E-state index >= 15 is 0 Å². The molecular weight excluding hydrogens is 348 g/mol. The van der Waals surface area contributed by atoms with Gasteiger partial charge in [-0.15, -0.1) is 10.2 Å². The highest BCUT2D eigenvalue weighted by Crippen LogP contribution is 2.33. The molecule has 1 heterocycles. The fraction of sp³-hybridized carbons (Fsp3) is 0.143. The molecule has 2 rings (SSSR count). The molecule has 0 atom stereocenters. The number of nitro benzene ring substituents is 2. The van der Waals surface area contributed by atoms with E-state index < -0.39 is 32.7 Å². The first-order valence-corrected chi connectivity index (χ1v) is 6.86. The smallest absolute Gasteiger partial charge is 0.303 e. The summed E-state index contributed by atoms with van der Waals surface area (Å²) in [6, 6.07) is 4.47. The number of azo groups is 1. The second-order valence-corrected chi connectivity index (χ2v) is 5.04. The Bertz CT molecular complexity index is 1070. The fourth-order valence-corrected chi connectivity index (χ4v) is 2.08. The number of hydrogen-bond acceptors (Lipinski definition) is 9. The lowest BCUT2D eigenvalue weighted by Crippen LogP contribution is -2.18. The summed E-state index contributed by atoms with van der Waals surface area (Å²) < 4.78 is 0.782. The van der Waals surface area contributed by atoms with Crippen molar-refractivity contribution in [2.75, 3.05) is 0 Å². The van der Waals surface area contributed by atoms with Crippen LogP contribution >= 0.6 is 0 Å². The molecular formula is C14H10N6O6. The molecule has 0 radical (unpaired) electrons. The van der Waals surface area contributed by atoms with Gasteiger partial charge in [-0.2, -0.15) is 5.26 Å². The first-order chi connectivity index (χ1) is 12.2. The third-order valence-corrected chi connectivity index (χ3v) is 3.51. The Hall–Kier alpha value is -4.14. The van der Waals surface area contributed by atoms with Crippen LogP contribution in [0.3, 0.4) is 0 Å². The molecule has 12 heteroatoms. The number of benzene rings is 1. The molecule has 2 aromatic rings. The van der Waals surface area contributed by atoms with Crippen LogP contribution in [0.5, 0.6) is 5.88 Å². The SMILES string of the molecule is Cc1c(C#N)c(O)n(C)c(=O)c1N=Nc1ccc([N+](=O)[O-])cc1[N+](=O)[O-]. The van der Waals surface area contributed by atoms with E-state index in [2.05, 4.69) is 10.2 Å². The topological polar surface area (TPSA) is 177 Å². The highest BCUT2D eigenvalue weighted by Gasteiger charge is 2.21. The van der Waals surface area contributed by atoms with Gasteiger partial charge in [-0.05, 0) is 13.0 Å². The Morgan fingerprint density at radius 1 is 1.23 bits per heavy atom. The predicted molar refractivity (Wildman–Crippen MR) is 86.7 cm³/mol. The summed E-state index contributed by atoms with van der Waals surface area (Å²) >= 11 is 0. The Balaban J connectivity index is 2.64. The molecule has 0 aliphatic carbocycles. The quantitative estimate of drug-likeness (QED) is 0.495. The number of nitro groups is 2. The third kappa shape index (κ3) is 3.08.